The fourth-order valence-electron chi connectivity index (χ4n) is 3.58. The van der Waals surface area contributed by atoms with Crippen LogP contribution in [-0.4, -0.2) is 16.3 Å². The van der Waals surface area contributed by atoms with Crippen LogP contribution in [0.5, 0.6) is 5.75 Å². The molecule has 118 valence electrons. The molecule has 1 aromatic heterocycles. The maximum absolute atomic E-state index is 13.3. The Morgan fingerprint density at radius 2 is 1.87 bits per heavy atom. The first-order valence-corrected chi connectivity index (χ1v) is 7.68. The zero-order valence-corrected chi connectivity index (χ0v) is 13.1. The minimum Gasteiger partial charge on any atom is -0.507 e. The van der Waals surface area contributed by atoms with Crippen LogP contribution in [-0.2, 0) is 16.8 Å². The third-order valence-electron chi connectivity index (χ3n) is 4.51. The van der Waals surface area contributed by atoms with E-state index in [4.69, 9.17) is 4.74 Å². The van der Waals surface area contributed by atoms with Crippen LogP contribution in [0.2, 0.25) is 0 Å². The fraction of sp³-hybridized carbons (Fsp3) is 0.263. The molecular weight excluding hydrogens is 293 g/mol. The van der Waals surface area contributed by atoms with Crippen LogP contribution < -0.4 is 0 Å². The van der Waals surface area contributed by atoms with Crippen LogP contribution in [0.15, 0.2) is 42.5 Å². The molecule has 2 aromatic carbocycles. The maximum atomic E-state index is 13.3. The molecule has 2 heterocycles. The molecule has 0 amide bonds. The van der Waals surface area contributed by atoms with Gasteiger partial charge in [-0.2, -0.15) is 0 Å². The molecule has 1 aliphatic heterocycles. The lowest BCUT2D eigenvalue weighted by atomic mass is 9.85. The summed E-state index contributed by atoms with van der Waals surface area (Å²) in [5.74, 6) is -0.00886. The lowest BCUT2D eigenvalue weighted by Gasteiger charge is -2.32. The number of phenols is 1. The molecule has 0 saturated carbocycles. The molecule has 0 unspecified atom stereocenters. The van der Waals surface area contributed by atoms with Gasteiger partial charge in [0.2, 0.25) is 0 Å². The average Bonchev–Trinajstić information content (AvgIpc) is 2.85. The molecule has 3 aromatic rings. The molecule has 0 saturated heterocycles. The van der Waals surface area contributed by atoms with Crippen molar-refractivity contribution in [3.05, 3.63) is 59.5 Å². The fourth-order valence-corrected chi connectivity index (χ4v) is 3.58. The van der Waals surface area contributed by atoms with E-state index in [2.05, 4.69) is 18.4 Å². The van der Waals surface area contributed by atoms with Crippen molar-refractivity contribution >= 4 is 10.9 Å². The molecular formula is C19H18FNO2. The highest BCUT2D eigenvalue weighted by Crippen LogP contribution is 2.43. The Morgan fingerprint density at radius 1 is 1.13 bits per heavy atom. The Bertz CT molecular complexity index is 894. The number of phenolic OH excluding ortho intramolecular Hbond substituents is 1. The molecule has 0 bridgehead atoms. The lowest BCUT2D eigenvalue weighted by Crippen LogP contribution is -2.32. The molecule has 4 heteroatoms. The highest BCUT2D eigenvalue weighted by Gasteiger charge is 2.35. The highest BCUT2D eigenvalue weighted by atomic mass is 19.1. The second kappa shape index (κ2) is 4.83. The van der Waals surface area contributed by atoms with Crippen LogP contribution in [0.25, 0.3) is 16.6 Å². The number of nitrogens with zero attached hydrogens (tertiary/aromatic N) is 1. The molecule has 23 heavy (non-hydrogen) atoms. The van der Waals surface area contributed by atoms with Crippen molar-refractivity contribution in [3.63, 3.8) is 0 Å². The molecule has 1 aliphatic rings. The predicted molar refractivity (Wildman–Crippen MR) is 87.6 cm³/mol. The van der Waals surface area contributed by atoms with E-state index in [9.17, 15) is 9.50 Å². The van der Waals surface area contributed by atoms with Gasteiger partial charge >= 0.3 is 0 Å². The topological polar surface area (TPSA) is 34.4 Å². The Kier molecular flexibility index (Phi) is 3.00. The molecule has 0 fully saturated rings. The number of rotatable bonds is 1. The predicted octanol–water partition coefficient (Wildman–Crippen LogP) is 4.28. The van der Waals surface area contributed by atoms with Gasteiger partial charge in [0.05, 0.1) is 18.7 Å². The van der Waals surface area contributed by atoms with Crippen LogP contribution in [0.1, 0.15) is 25.1 Å². The zero-order valence-electron chi connectivity index (χ0n) is 13.1. The minimum atomic E-state index is -0.260. The molecule has 0 radical (unpaired) electrons. The number of hydrogen-bond donors (Lipinski definition) is 1. The maximum Gasteiger partial charge on any atom is 0.125 e. The molecule has 0 aliphatic carbocycles. The monoisotopic (exact) mass is 311 g/mol. The summed E-state index contributed by atoms with van der Waals surface area (Å²) >= 11 is 0. The van der Waals surface area contributed by atoms with Gasteiger partial charge in [0.1, 0.15) is 11.6 Å². The van der Waals surface area contributed by atoms with Gasteiger partial charge in [0.15, 0.2) is 0 Å². The van der Waals surface area contributed by atoms with Gasteiger partial charge < -0.3 is 14.4 Å². The highest BCUT2D eigenvalue weighted by molar-refractivity contribution is 5.93. The molecule has 3 nitrogen and oxygen atoms in total. The van der Waals surface area contributed by atoms with E-state index in [1.807, 2.05) is 12.1 Å². The van der Waals surface area contributed by atoms with Gasteiger partial charge in [0, 0.05) is 27.7 Å². The largest absolute Gasteiger partial charge is 0.507 e. The van der Waals surface area contributed by atoms with E-state index >= 15 is 0 Å². The first kappa shape index (κ1) is 14.3. The zero-order chi connectivity index (χ0) is 16.2. The normalized spacial score (nSPS) is 16.5. The van der Waals surface area contributed by atoms with Crippen molar-refractivity contribution in [1.29, 1.82) is 0 Å². The second-order valence-corrected chi connectivity index (χ2v) is 6.69. The summed E-state index contributed by atoms with van der Waals surface area (Å²) < 4.78 is 21.2. The first-order valence-electron chi connectivity index (χ1n) is 7.68. The third-order valence-corrected chi connectivity index (χ3v) is 4.51. The van der Waals surface area contributed by atoms with Gasteiger partial charge in [-0.1, -0.05) is 19.9 Å². The minimum absolute atomic E-state index is 0.201. The lowest BCUT2D eigenvalue weighted by molar-refractivity contribution is 0.0626. The average molecular weight is 311 g/mol. The van der Waals surface area contributed by atoms with Gasteiger partial charge in [0.25, 0.3) is 0 Å². The molecule has 0 spiro atoms. The van der Waals surface area contributed by atoms with E-state index in [1.165, 1.54) is 12.1 Å². The smallest absolute Gasteiger partial charge is 0.125 e. The number of fused-ring (bicyclic) bond motifs is 3. The summed E-state index contributed by atoms with van der Waals surface area (Å²) in [6.45, 7) is 5.33. The number of ether oxygens (including phenoxy) is 1. The molecule has 4 rings (SSSR count). The van der Waals surface area contributed by atoms with E-state index in [0.717, 1.165) is 27.8 Å². The van der Waals surface area contributed by atoms with Crippen LogP contribution >= 0.6 is 0 Å². The van der Waals surface area contributed by atoms with Crippen molar-refractivity contribution in [2.24, 2.45) is 0 Å². The van der Waals surface area contributed by atoms with Crippen LogP contribution in [0.4, 0.5) is 4.39 Å². The van der Waals surface area contributed by atoms with Crippen molar-refractivity contribution in [3.8, 4) is 11.4 Å². The number of benzene rings is 2. The number of hydrogen-bond acceptors (Lipinski definition) is 2. The van der Waals surface area contributed by atoms with Gasteiger partial charge in [-0.05, 0) is 36.4 Å². The van der Waals surface area contributed by atoms with Gasteiger partial charge in [-0.3, -0.25) is 0 Å². The Morgan fingerprint density at radius 3 is 2.61 bits per heavy atom. The van der Waals surface area contributed by atoms with E-state index in [-0.39, 0.29) is 17.0 Å². The van der Waals surface area contributed by atoms with Gasteiger partial charge in [-0.15, -0.1) is 0 Å². The second-order valence-electron chi connectivity index (χ2n) is 6.69. The number of halogens is 1. The van der Waals surface area contributed by atoms with Crippen LogP contribution in [0.3, 0.4) is 0 Å². The number of aromatic hydroxyl groups is 1. The van der Waals surface area contributed by atoms with Crippen molar-refractivity contribution in [2.75, 3.05) is 6.61 Å². The first-order chi connectivity index (χ1) is 11.0. The van der Waals surface area contributed by atoms with Crippen molar-refractivity contribution < 1.29 is 14.2 Å². The summed E-state index contributed by atoms with van der Waals surface area (Å²) in [4.78, 5) is 0. The summed E-state index contributed by atoms with van der Waals surface area (Å²) in [5.41, 5.74) is 3.73. The van der Waals surface area contributed by atoms with Crippen molar-refractivity contribution in [2.45, 2.75) is 25.9 Å². The Labute approximate surface area is 133 Å². The summed E-state index contributed by atoms with van der Waals surface area (Å²) in [5, 5.41) is 11.2. The standard InChI is InChI=1S/C19H18FNO2/c1-19(2)11-23-10-14-17-15(4-3-5-16(17)22)21(18(14)19)13-8-6-12(20)7-9-13/h3-9,22H,10-11H2,1-2H3. The van der Waals surface area contributed by atoms with E-state index < -0.39 is 0 Å². The Balaban J connectivity index is 2.14. The summed E-state index contributed by atoms with van der Waals surface area (Å²) in [6.07, 6.45) is 0. The van der Waals surface area contributed by atoms with E-state index in [1.54, 1.807) is 18.2 Å². The molecule has 0 atom stereocenters. The quantitative estimate of drug-likeness (QED) is 0.728. The van der Waals surface area contributed by atoms with Gasteiger partial charge in [-0.25, -0.2) is 4.39 Å². The Hall–Kier alpha value is -2.33. The summed E-state index contributed by atoms with van der Waals surface area (Å²) in [6, 6.07) is 12.0. The SMILES string of the molecule is CC1(C)COCc2c1n(-c1ccc(F)cc1)c1cccc(O)c21. The third kappa shape index (κ3) is 2.05. The number of aromatic nitrogens is 1. The van der Waals surface area contributed by atoms with E-state index in [0.29, 0.717) is 13.2 Å². The molecule has 1 N–H and O–H groups in total. The van der Waals surface area contributed by atoms with Crippen LogP contribution in [0, 0.1) is 5.82 Å². The van der Waals surface area contributed by atoms with Crippen molar-refractivity contribution in [1.82, 2.24) is 4.57 Å². The summed E-state index contributed by atoms with van der Waals surface area (Å²) in [7, 11) is 0.